The Bertz CT molecular complexity index is 238. The molecule has 0 atom stereocenters. The van der Waals surface area contributed by atoms with Crippen LogP contribution in [-0.2, 0) is 0 Å². The van der Waals surface area contributed by atoms with E-state index in [0.717, 1.165) is 0 Å². The van der Waals surface area contributed by atoms with E-state index < -0.39 is 0 Å². The van der Waals surface area contributed by atoms with Gasteiger partial charge in [-0.15, -0.1) is 0 Å². The third-order valence-corrected chi connectivity index (χ3v) is 4.06. The molecule has 3 nitrogen and oxygen atoms in total. The van der Waals surface area contributed by atoms with Gasteiger partial charge in [0.25, 0.3) is 0 Å². The highest BCUT2D eigenvalue weighted by Gasteiger charge is 2.09. The van der Waals surface area contributed by atoms with Crippen LogP contribution >= 0.6 is 0 Å². The first-order valence-corrected chi connectivity index (χ1v) is 6.05. The van der Waals surface area contributed by atoms with E-state index in [2.05, 4.69) is 51.5 Å². The molecule has 80 valence electrons. The topological polar surface area (TPSA) is 63.0 Å². The van der Waals surface area contributed by atoms with Gasteiger partial charge in [-0.3, -0.25) is 0 Å². The molecule has 0 aliphatic rings. The average Bonchev–Trinajstić information content (AvgIpc) is 2.02. The Labute approximate surface area is 89.0 Å². The molecule has 0 aliphatic heterocycles. The van der Waals surface area contributed by atoms with Crippen LogP contribution in [0.15, 0.2) is 30.3 Å². The molecule has 1 aromatic rings. The largest absolute Gasteiger partial charge is 0.412 e. The van der Waals surface area contributed by atoms with Gasteiger partial charge in [-0.2, -0.15) is 0 Å². The van der Waals surface area contributed by atoms with Gasteiger partial charge in [0.15, 0.2) is 0 Å². The third-order valence-electron chi connectivity index (χ3n) is 1.91. The van der Waals surface area contributed by atoms with E-state index >= 15 is 0 Å². The molecule has 1 aromatic carbocycles. The van der Waals surface area contributed by atoms with Gasteiger partial charge >= 0.3 is 0 Å². The second-order valence-electron chi connectivity index (χ2n) is 4.25. The zero-order valence-corrected chi connectivity index (χ0v) is 10.7. The van der Waals surface area contributed by atoms with Gasteiger partial charge in [0.1, 0.15) is 0 Å². The number of rotatable bonds is 3. The molecule has 0 saturated carbocycles. The van der Waals surface area contributed by atoms with Crippen molar-refractivity contribution >= 4 is 21.9 Å². The van der Waals surface area contributed by atoms with Gasteiger partial charge in [0, 0.05) is 0 Å². The zero-order valence-electron chi connectivity index (χ0n) is 9.25. The van der Waals surface area contributed by atoms with Crippen molar-refractivity contribution in [2.75, 3.05) is 21.1 Å². The van der Waals surface area contributed by atoms with Crippen molar-refractivity contribution in [1.82, 2.24) is 0 Å². The predicted molar refractivity (Wildman–Crippen MR) is 67.0 cm³/mol. The van der Waals surface area contributed by atoms with Crippen LogP contribution in [-0.4, -0.2) is 52.7 Å². The Morgan fingerprint density at radius 3 is 1.93 bits per heavy atom. The van der Waals surface area contributed by atoms with Crippen LogP contribution < -0.4 is 5.46 Å². The third kappa shape index (κ3) is 6.85. The Morgan fingerprint density at radius 2 is 1.50 bits per heavy atom. The van der Waals surface area contributed by atoms with Crippen molar-refractivity contribution in [1.29, 1.82) is 0 Å². The highest BCUT2D eigenvalue weighted by atomic mass is 28.2. The average molecular weight is 214 g/mol. The van der Waals surface area contributed by atoms with Gasteiger partial charge in [0.2, 0.25) is 16.4 Å². The van der Waals surface area contributed by atoms with Crippen LogP contribution in [0, 0.1) is 0 Å². The summed E-state index contributed by atoms with van der Waals surface area (Å²) in [6, 6.07) is 10.8. The van der Waals surface area contributed by atoms with Crippen LogP contribution in [0.3, 0.4) is 0 Å². The van der Waals surface area contributed by atoms with Gasteiger partial charge < -0.3 is 15.1 Å². The van der Waals surface area contributed by atoms with Crippen molar-refractivity contribution in [2.24, 2.45) is 0 Å². The van der Waals surface area contributed by atoms with Gasteiger partial charge in [-0.05, 0) is 0 Å². The molecule has 14 heavy (non-hydrogen) atoms. The lowest BCUT2D eigenvalue weighted by Crippen LogP contribution is -2.44. The van der Waals surface area contributed by atoms with Crippen LogP contribution in [0.4, 0.5) is 0 Å². The SMILES string of the molecule is C[N+](C)(C)[SiH2]Bc1ccccc1.O.O. The molecule has 5 heteroatoms. The molecule has 0 fully saturated rings. The van der Waals surface area contributed by atoms with E-state index in [9.17, 15) is 0 Å². The minimum atomic E-state index is -0.0111. The fraction of sp³-hybridized carbons (Fsp3) is 0.333. The number of hydrogen-bond donors (Lipinski definition) is 0. The number of benzene rings is 1. The van der Waals surface area contributed by atoms with Crippen LogP contribution in [0.1, 0.15) is 0 Å². The molecule has 0 unspecified atom stereocenters. The first kappa shape index (κ1) is 15.8. The quantitative estimate of drug-likeness (QED) is 0.513. The van der Waals surface area contributed by atoms with Crippen LogP contribution in [0.25, 0.3) is 0 Å². The van der Waals surface area contributed by atoms with Crippen LogP contribution in [0.5, 0.6) is 0 Å². The van der Waals surface area contributed by atoms with E-state index in [1.54, 1.807) is 0 Å². The Kier molecular flexibility index (Phi) is 7.67. The lowest BCUT2D eigenvalue weighted by Gasteiger charge is -2.24. The zero-order chi connectivity index (χ0) is 9.03. The molecule has 1 rings (SSSR count). The maximum Gasteiger partial charge on any atom is 0.217 e. The molecule has 0 amide bonds. The molecular formula is C9H21BNO2Si+. The standard InChI is InChI=1S/C9H17BNSi.2H2O/c1-11(2,3)12-10-9-7-5-4-6-8-9;;/h4-8,10H,12H2,1-3H3;2*1H2/q+1;;. The number of quaternary nitrogens is 1. The molecule has 0 bridgehead atoms. The fourth-order valence-corrected chi connectivity index (χ4v) is 2.37. The summed E-state index contributed by atoms with van der Waals surface area (Å²) in [5.41, 5.74) is 1.50. The van der Waals surface area contributed by atoms with E-state index in [4.69, 9.17) is 0 Å². The maximum absolute atomic E-state index is 2.29. The minimum absolute atomic E-state index is 0. The molecule has 0 heterocycles. The first-order chi connectivity index (χ1) is 5.58. The maximum atomic E-state index is 2.29. The van der Waals surface area contributed by atoms with Crippen molar-refractivity contribution in [3.63, 3.8) is 0 Å². The van der Waals surface area contributed by atoms with Crippen molar-refractivity contribution < 1.29 is 15.1 Å². The molecule has 0 aromatic heterocycles. The molecule has 4 N–H and O–H groups in total. The number of nitrogens with zero attached hydrogens (tertiary/aromatic N) is 1. The van der Waals surface area contributed by atoms with E-state index in [0.29, 0.717) is 0 Å². The lowest BCUT2D eigenvalue weighted by molar-refractivity contribution is -0.752. The highest BCUT2D eigenvalue weighted by Crippen LogP contribution is 1.85. The molecular weight excluding hydrogens is 193 g/mol. The smallest absolute Gasteiger partial charge is 0.217 e. The summed E-state index contributed by atoms with van der Waals surface area (Å²) in [7, 11) is 6.85. The van der Waals surface area contributed by atoms with Crippen LogP contribution in [0.2, 0.25) is 0 Å². The Morgan fingerprint density at radius 1 is 1.00 bits per heavy atom. The molecule has 0 aliphatic carbocycles. The lowest BCUT2D eigenvalue weighted by atomic mass is 9.95. The summed E-state index contributed by atoms with van der Waals surface area (Å²) in [4.78, 5) is 0. The van der Waals surface area contributed by atoms with E-state index in [1.807, 2.05) is 0 Å². The first-order valence-electron chi connectivity index (χ1n) is 4.42. The normalized spacial score (nSPS) is 10.5. The number of hydrogen-bond acceptors (Lipinski definition) is 0. The Balaban J connectivity index is 0. The predicted octanol–water partition coefficient (Wildman–Crippen LogP) is -2.20. The Hall–Kier alpha value is -0.618. The van der Waals surface area contributed by atoms with Gasteiger partial charge in [-0.25, -0.2) is 0 Å². The van der Waals surface area contributed by atoms with Crippen molar-refractivity contribution in [3.05, 3.63) is 30.3 Å². The fourth-order valence-electron chi connectivity index (χ4n) is 1.11. The van der Waals surface area contributed by atoms with Gasteiger partial charge in [-0.1, -0.05) is 35.8 Å². The molecule has 0 saturated heterocycles. The van der Waals surface area contributed by atoms with Crippen molar-refractivity contribution in [2.45, 2.75) is 0 Å². The summed E-state index contributed by atoms with van der Waals surface area (Å²) in [6.45, 7) is 1.31. The monoisotopic (exact) mass is 214 g/mol. The summed E-state index contributed by atoms with van der Waals surface area (Å²) >= 11 is 0. The molecule has 0 radical (unpaired) electrons. The summed E-state index contributed by atoms with van der Waals surface area (Å²) in [5, 5.41) is 0. The summed E-state index contributed by atoms with van der Waals surface area (Å²) < 4.78 is 1.18. The van der Waals surface area contributed by atoms with E-state index in [1.165, 1.54) is 16.5 Å². The summed E-state index contributed by atoms with van der Waals surface area (Å²) in [5.74, 6) is 0. The second-order valence-corrected chi connectivity index (χ2v) is 7.09. The second kappa shape index (κ2) is 6.78. The van der Waals surface area contributed by atoms with Crippen molar-refractivity contribution in [3.8, 4) is 0 Å². The summed E-state index contributed by atoms with van der Waals surface area (Å²) in [6.07, 6.45) is 0. The molecule has 0 spiro atoms. The van der Waals surface area contributed by atoms with Gasteiger partial charge in [0.05, 0.1) is 21.1 Å². The highest BCUT2D eigenvalue weighted by molar-refractivity contribution is 7.04. The van der Waals surface area contributed by atoms with E-state index in [-0.39, 0.29) is 20.5 Å². The minimum Gasteiger partial charge on any atom is -0.412 e.